The van der Waals surface area contributed by atoms with Gasteiger partial charge in [0.25, 0.3) is 23.6 Å². The van der Waals surface area contributed by atoms with Crippen molar-refractivity contribution < 1.29 is 33.5 Å². The van der Waals surface area contributed by atoms with E-state index in [1.165, 1.54) is 12.1 Å². The Labute approximate surface area is 337 Å². The van der Waals surface area contributed by atoms with Crippen LogP contribution in [0.15, 0.2) is 72.9 Å². The lowest BCUT2D eigenvalue weighted by atomic mass is 10.0. The third-order valence-electron chi connectivity index (χ3n) is 10.1. The predicted molar refractivity (Wildman–Crippen MR) is 221 cm³/mol. The number of benzene rings is 3. The quantitative estimate of drug-likeness (QED) is 0.0506. The number of ether oxygens (including phenoxy) is 1. The zero-order valence-corrected chi connectivity index (χ0v) is 33.0. The van der Waals surface area contributed by atoms with Gasteiger partial charge in [0.05, 0.1) is 27.9 Å². The monoisotopic (exact) mass is 789 g/mol. The van der Waals surface area contributed by atoms with Crippen LogP contribution in [0.4, 0.5) is 17.1 Å². The number of pyridine rings is 1. The van der Waals surface area contributed by atoms with Crippen LogP contribution in [0.3, 0.4) is 0 Å². The number of carbonyl (C=O) groups is 6. The number of amides is 6. The number of nitrogens with one attached hydrogen (secondary N) is 5. The van der Waals surface area contributed by atoms with Gasteiger partial charge in [0.1, 0.15) is 11.8 Å². The van der Waals surface area contributed by atoms with Gasteiger partial charge in [0, 0.05) is 48.5 Å². The van der Waals surface area contributed by atoms with Crippen molar-refractivity contribution in [3.63, 3.8) is 0 Å². The number of aromatic nitrogens is 1. The minimum Gasteiger partial charge on any atom is -0.483 e. The van der Waals surface area contributed by atoms with Gasteiger partial charge < -0.3 is 26.0 Å². The maximum absolute atomic E-state index is 13.2. The zero-order valence-electron chi connectivity index (χ0n) is 33.0. The normalized spacial score (nSPS) is 15.0. The number of fused-ring (bicyclic) bond motifs is 2. The molecule has 3 aromatic carbocycles. The lowest BCUT2D eigenvalue weighted by molar-refractivity contribution is -0.136. The largest absolute Gasteiger partial charge is 0.483 e. The fraction of sp³-hybridized carbons (Fsp3) is 0.386. The van der Waals surface area contributed by atoms with E-state index >= 15 is 0 Å². The van der Waals surface area contributed by atoms with Crippen LogP contribution in [0.5, 0.6) is 5.75 Å². The van der Waals surface area contributed by atoms with Crippen molar-refractivity contribution in [1.29, 1.82) is 0 Å². The van der Waals surface area contributed by atoms with E-state index in [9.17, 15) is 28.8 Å². The number of nitrogens with zero attached hydrogens (tertiary/aromatic N) is 2. The molecule has 58 heavy (non-hydrogen) atoms. The molecule has 6 rings (SSSR count). The van der Waals surface area contributed by atoms with E-state index in [0.717, 1.165) is 90.8 Å². The molecular formula is C44H51N7O7. The van der Waals surface area contributed by atoms with Crippen LogP contribution in [-0.4, -0.2) is 77.1 Å². The SMILES string of the molecule is CC(C)NC(=O)c1cnc2ccc(NCCCCCCCCCCNC(=O)COc3cccc4c3C(=O)N(C3CCC(=O)NC3=O)C4=O)cc2c1Nc1ccccc1. The average Bonchev–Trinajstić information content (AvgIpc) is 3.46. The number of unbranched alkanes of at least 4 members (excludes halogenated alkanes) is 7. The van der Waals surface area contributed by atoms with Crippen LogP contribution in [0, 0.1) is 0 Å². The molecular weight excluding hydrogens is 739 g/mol. The Morgan fingerprint density at radius 3 is 2.29 bits per heavy atom. The second-order valence-electron chi connectivity index (χ2n) is 14.9. The highest BCUT2D eigenvalue weighted by Crippen LogP contribution is 2.34. The van der Waals surface area contributed by atoms with Crippen molar-refractivity contribution in [2.24, 2.45) is 0 Å². The van der Waals surface area contributed by atoms with Crippen molar-refractivity contribution in [1.82, 2.24) is 25.8 Å². The number of rotatable bonds is 20. The van der Waals surface area contributed by atoms with Crippen molar-refractivity contribution in [2.45, 2.75) is 90.1 Å². The van der Waals surface area contributed by atoms with E-state index in [0.29, 0.717) is 12.1 Å². The van der Waals surface area contributed by atoms with Gasteiger partial charge in [-0.1, -0.05) is 62.8 Å². The summed E-state index contributed by atoms with van der Waals surface area (Å²) in [5.74, 6) is -2.87. The molecule has 0 aliphatic carbocycles. The third kappa shape index (κ3) is 10.3. The van der Waals surface area contributed by atoms with Crippen LogP contribution in [0.25, 0.3) is 10.9 Å². The summed E-state index contributed by atoms with van der Waals surface area (Å²) in [4.78, 5) is 81.2. The number of hydrogen-bond donors (Lipinski definition) is 5. The van der Waals surface area contributed by atoms with E-state index in [1.807, 2.05) is 56.3 Å². The molecule has 14 heteroatoms. The summed E-state index contributed by atoms with van der Waals surface area (Å²) < 4.78 is 5.66. The van der Waals surface area contributed by atoms with Gasteiger partial charge in [0.15, 0.2) is 6.61 Å². The number of carbonyl (C=O) groups excluding carboxylic acids is 6. The molecule has 1 fully saturated rings. The molecule has 0 spiro atoms. The molecule has 0 radical (unpaired) electrons. The summed E-state index contributed by atoms with van der Waals surface area (Å²) >= 11 is 0. The summed E-state index contributed by atoms with van der Waals surface area (Å²) in [6.07, 6.45) is 10.1. The standard InChI is InChI=1S/C44H51N7O7/c1-28(2)48-41(54)33-26-47-34-20-19-30(25-32(34)40(33)49-29-15-10-9-11-16-29)45-23-12-7-5-3-4-6-8-13-24-46-38(53)27-58-36-18-14-17-31-39(36)44(57)51(43(31)56)35-21-22-37(52)50-42(35)55/h9-11,14-20,25-26,28,35,45H,3-8,12-13,21-24,27H2,1-2H3,(H,46,53)(H,47,49)(H,48,54)(H,50,52,55). The first-order valence-electron chi connectivity index (χ1n) is 20.1. The molecule has 14 nitrogen and oxygen atoms in total. The van der Waals surface area contributed by atoms with Gasteiger partial charge in [-0.3, -0.25) is 44.0 Å². The summed E-state index contributed by atoms with van der Waals surface area (Å²) in [7, 11) is 0. The molecule has 6 amide bonds. The highest BCUT2D eigenvalue weighted by molar-refractivity contribution is 6.24. The Balaban J connectivity index is 0.856. The van der Waals surface area contributed by atoms with E-state index < -0.39 is 29.7 Å². The van der Waals surface area contributed by atoms with Gasteiger partial charge in [-0.25, -0.2) is 0 Å². The molecule has 1 aromatic heterocycles. The van der Waals surface area contributed by atoms with E-state index in [-0.39, 0.29) is 54.2 Å². The summed E-state index contributed by atoms with van der Waals surface area (Å²) in [6.45, 7) is 4.88. The zero-order chi connectivity index (χ0) is 41.0. The number of piperidine rings is 1. The van der Waals surface area contributed by atoms with Crippen molar-refractivity contribution in [3.05, 3.63) is 89.6 Å². The Hall–Kier alpha value is -6.31. The number of anilines is 3. The molecule has 1 atom stereocenters. The number of hydrogen-bond acceptors (Lipinski definition) is 10. The summed E-state index contributed by atoms with van der Waals surface area (Å²) in [5.41, 5.74) is 3.98. The average molecular weight is 790 g/mol. The van der Waals surface area contributed by atoms with Gasteiger partial charge >= 0.3 is 0 Å². The Kier molecular flexibility index (Phi) is 14.0. The summed E-state index contributed by atoms with van der Waals surface area (Å²) in [5, 5.41) is 15.9. The van der Waals surface area contributed by atoms with Crippen LogP contribution >= 0.6 is 0 Å². The van der Waals surface area contributed by atoms with Gasteiger partial charge in [-0.15, -0.1) is 0 Å². The molecule has 4 aromatic rings. The molecule has 5 N–H and O–H groups in total. The lowest BCUT2D eigenvalue weighted by Crippen LogP contribution is -2.54. The molecule has 3 heterocycles. The first kappa shape index (κ1) is 41.3. The Morgan fingerprint density at radius 1 is 0.845 bits per heavy atom. The minimum atomic E-state index is -1.08. The lowest BCUT2D eigenvalue weighted by Gasteiger charge is -2.27. The first-order valence-corrected chi connectivity index (χ1v) is 20.1. The highest BCUT2D eigenvalue weighted by atomic mass is 16.5. The maximum atomic E-state index is 13.2. The summed E-state index contributed by atoms with van der Waals surface area (Å²) in [6, 6.07) is 19.3. The fourth-order valence-electron chi connectivity index (χ4n) is 7.18. The highest BCUT2D eigenvalue weighted by Gasteiger charge is 2.46. The molecule has 304 valence electrons. The molecule has 1 saturated heterocycles. The topological polar surface area (TPSA) is 188 Å². The fourth-order valence-corrected chi connectivity index (χ4v) is 7.18. The molecule has 2 aliphatic heterocycles. The smallest absolute Gasteiger partial charge is 0.266 e. The molecule has 2 aliphatic rings. The van der Waals surface area contributed by atoms with Crippen LogP contribution in [0.1, 0.15) is 109 Å². The Morgan fingerprint density at radius 2 is 1.57 bits per heavy atom. The van der Waals surface area contributed by atoms with Crippen molar-refractivity contribution in [3.8, 4) is 5.75 Å². The Bertz CT molecular complexity index is 2160. The number of para-hydroxylation sites is 1. The van der Waals surface area contributed by atoms with Gasteiger partial charge in [-0.05, 0) is 75.6 Å². The van der Waals surface area contributed by atoms with Crippen LogP contribution in [-0.2, 0) is 14.4 Å². The molecule has 0 saturated carbocycles. The van der Waals surface area contributed by atoms with Crippen LogP contribution < -0.4 is 31.3 Å². The van der Waals surface area contributed by atoms with E-state index in [2.05, 4.69) is 37.6 Å². The third-order valence-corrected chi connectivity index (χ3v) is 10.1. The van der Waals surface area contributed by atoms with Gasteiger partial charge in [0.2, 0.25) is 11.8 Å². The van der Waals surface area contributed by atoms with Gasteiger partial charge in [-0.2, -0.15) is 0 Å². The molecule has 0 bridgehead atoms. The maximum Gasteiger partial charge on any atom is 0.266 e. The van der Waals surface area contributed by atoms with Crippen molar-refractivity contribution in [2.75, 3.05) is 30.3 Å². The molecule has 1 unspecified atom stereocenters. The van der Waals surface area contributed by atoms with Crippen LogP contribution in [0.2, 0.25) is 0 Å². The second-order valence-corrected chi connectivity index (χ2v) is 14.9. The minimum absolute atomic E-state index is 0.00559. The predicted octanol–water partition coefficient (Wildman–Crippen LogP) is 6.25. The van der Waals surface area contributed by atoms with Crippen molar-refractivity contribution >= 4 is 63.4 Å². The second kappa shape index (κ2) is 19.7. The van der Waals surface area contributed by atoms with E-state index in [4.69, 9.17) is 4.74 Å². The first-order chi connectivity index (χ1) is 28.1. The number of imide groups is 2. The van der Waals surface area contributed by atoms with E-state index in [1.54, 1.807) is 12.3 Å².